The number of allylic oxidation sites excluding steroid dienone is 3. The van der Waals surface area contributed by atoms with Gasteiger partial charge in [0.2, 0.25) is 5.91 Å². The van der Waals surface area contributed by atoms with Gasteiger partial charge in [-0.25, -0.2) is 9.69 Å². The second kappa shape index (κ2) is 24.0. The normalized spacial score (nSPS) is 19.9. The first-order valence-corrected chi connectivity index (χ1v) is 33.3. The molecule has 70 heavy (non-hydrogen) atoms. The van der Waals surface area contributed by atoms with Crippen LogP contribution in [-0.2, 0) is 27.5 Å². The molecule has 1 aliphatic rings. The van der Waals surface area contributed by atoms with E-state index in [1.807, 2.05) is 49.4 Å². The SMILES string of the molecule is CO[C@H](/C=C/C=C(/C)C[C@@H]([C@H](C)[C@H](O[Si](C)(C)C(C)(C)C)[C@H](C)CO[Si](c1ccccc1)(c1ccccc1)C(C)(C)C)[C@H](O)[C@@H](C)C(=O)N1C(=O)O[C@@H](c2ccccc2)[C@H]1C)CO[Si](C)(C)C(C)(C)C. The minimum Gasteiger partial charge on any atom is -0.439 e. The van der Waals surface area contributed by atoms with Crippen molar-refractivity contribution < 1.29 is 37.4 Å². The zero-order chi connectivity index (χ0) is 52.6. The molecule has 3 aromatic carbocycles. The Kier molecular flexibility index (Phi) is 20.3. The summed E-state index contributed by atoms with van der Waals surface area (Å²) in [6.07, 6.45) is 3.50. The smallest absolute Gasteiger partial charge is 0.417 e. The van der Waals surface area contributed by atoms with Crippen LogP contribution in [0.4, 0.5) is 4.79 Å². The highest BCUT2D eigenvalue weighted by Crippen LogP contribution is 2.44. The Labute approximate surface area is 427 Å². The van der Waals surface area contributed by atoms with Gasteiger partial charge in [0.05, 0.1) is 36.9 Å². The minimum atomic E-state index is -2.93. The van der Waals surface area contributed by atoms with E-state index in [0.29, 0.717) is 19.6 Å². The van der Waals surface area contributed by atoms with Gasteiger partial charge in [-0.15, -0.1) is 0 Å². The third-order valence-corrected chi connectivity index (χ3v) is 29.9. The van der Waals surface area contributed by atoms with Crippen molar-refractivity contribution >= 4 is 47.3 Å². The summed E-state index contributed by atoms with van der Waals surface area (Å²) in [5.74, 6) is -2.26. The number of aliphatic hydroxyl groups is 1. The number of hydrogen-bond donors (Lipinski definition) is 1. The van der Waals surface area contributed by atoms with E-state index in [9.17, 15) is 14.7 Å². The summed E-state index contributed by atoms with van der Waals surface area (Å²) >= 11 is 0. The third kappa shape index (κ3) is 14.0. The number of benzene rings is 3. The Hall–Kier alpha value is -3.47. The van der Waals surface area contributed by atoms with Crippen LogP contribution < -0.4 is 10.4 Å². The van der Waals surface area contributed by atoms with Crippen LogP contribution in [-0.4, -0.2) is 91.6 Å². The van der Waals surface area contributed by atoms with Gasteiger partial charge in [-0.05, 0) is 89.3 Å². The molecular weight excluding hydrogens is 923 g/mol. The maximum atomic E-state index is 14.7. The number of aliphatic hydroxyl groups excluding tert-OH is 1. The Bertz CT molecular complexity index is 2140. The standard InChI is InChI=1S/C58H91NO8Si3/c1-41(30-29-33-47(63-15)40-64-68(16,17)56(6,7)8)38-50(51(60)44(4)54(61)59-45(5)53(66-55(59)62)46-31-23-20-24-32-46)43(3)52(67-69(18,19)57(9,10)11)42(2)39-65-70(58(12,13)14,48-34-25-21-26-35-48)49-36-27-22-28-37-49/h20-37,42-45,47,50-53,60H,38-40H2,1-19H3/b33-29+,41-30-/t42-,43+,44-,45-,47-,50+,51-,52-,53-/m1/s1. The molecule has 9 nitrogen and oxygen atoms in total. The Balaban J connectivity index is 1.79. The number of carbonyl (C=O) groups is 2. The number of rotatable bonds is 22. The third-order valence-electron chi connectivity index (χ3n) is 15.9. The Morgan fingerprint density at radius 2 is 1.26 bits per heavy atom. The molecule has 4 rings (SSSR count). The molecule has 1 fully saturated rings. The summed E-state index contributed by atoms with van der Waals surface area (Å²) in [5.41, 5.74) is 1.83. The van der Waals surface area contributed by atoms with Gasteiger partial charge in [-0.3, -0.25) is 4.79 Å². The predicted octanol–water partition coefficient (Wildman–Crippen LogP) is 12.9. The van der Waals surface area contributed by atoms with Crippen molar-refractivity contribution in [2.45, 2.75) is 175 Å². The topological polar surface area (TPSA) is 104 Å². The zero-order valence-corrected chi connectivity index (χ0v) is 49.5. The number of nitrogens with zero attached hydrogens (tertiary/aromatic N) is 1. The molecular formula is C58H91NO8Si3. The molecule has 9 atom stereocenters. The number of ether oxygens (including phenoxy) is 2. The molecule has 0 bridgehead atoms. The lowest BCUT2D eigenvalue weighted by Gasteiger charge is -2.47. The van der Waals surface area contributed by atoms with Crippen LogP contribution in [0.3, 0.4) is 0 Å². The number of imide groups is 1. The first-order chi connectivity index (χ1) is 32.4. The molecule has 0 aliphatic carbocycles. The van der Waals surface area contributed by atoms with Crippen molar-refractivity contribution in [3.63, 3.8) is 0 Å². The Morgan fingerprint density at radius 1 is 0.757 bits per heavy atom. The van der Waals surface area contributed by atoms with E-state index < -0.39 is 67.0 Å². The number of cyclic esters (lactones) is 1. The molecule has 0 spiro atoms. The highest BCUT2D eigenvalue weighted by atomic mass is 28.4. The predicted molar refractivity (Wildman–Crippen MR) is 296 cm³/mol. The van der Waals surface area contributed by atoms with E-state index >= 15 is 0 Å². The van der Waals surface area contributed by atoms with E-state index in [1.165, 1.54) is 15.3 Å². The molecule has 3 aromatic rings. The van der Waals surface area contributed by atoms with Crippen LogP contribution in [0, 0.1) is 23.7 Å². The van der Waals surface area contributed by atoms with Crippen molar-refractivity contribution in [2.75, 3.05) is 20.3 Å². The first-order valence-electron chi connectivity index (χ1n) is 25.6. The molecule has 1 saturated heterocycles. The van der Waals surface area contributed by atoms with E-state index in [1.54, 1.807) is 14.0 Å². The van der Waals surface area contributed by atoms with E-state index in [-0.39, 0.29) is 39.2 Å². The summed E-state index contributed by atoms with van der Waals surface area (Å²) in [4.78, 5) is 29.5. The number of amides is 2. The van der Waals surface area contributed by atoms with Gasteiger partial charge in [-0.2, -0.15) is 0 Å². The molecule has 2 amide bonds. The van der Waals surface area contributed by atoms with Crippen molar-refractivity contribution in [3.05, 3.63) is 120 Å². The Morgan fingerprint density at radius 3 is 1.73 bits per heavy atom. The summed E-state index contributed by atoms with van der Waals surface area (Å²) in [6, 6.07) is 30.3. The lowest BCUT2D eigenvalue weighted by molar-refractivity contribution is -0.139. The quantitative estimate of drug-likeness (QED) is 0.0784. The van der Waals surface area contributed by atoms with Gasteiger partial charge in [0.1, 0.15) is 6.10 Å². The van der Waals surface area contributed by atoms with Gasteiger partial charge in [0.25, 0.3) is 8.32 Å². The van der Waals surface area contributed by atoms with Crippen LogP contribution in [0.5, 0.6) is 0 Å². The number of carbonyl (C=O) groups excluding carboxylic acids is 2. The van der Waals surface area contributed by atoms with Crippen molar-refractivity contribution in [1.82, 2.24) is 4.90 Å². The highest BCUT2D eigenvalue weighted by Gasteiger charge is 2.52. The van der Waals surface area contributed by atoms with Gasteiger partial charge in [0.15, 0.2) is 16.6 Å². The van der Waals surface area contributed by atoms with Crippen molar-refractivity contribution in [3.8, 4) is 0 Å². The molecule has 1 heterocycles. The summed E-state index contributed by atoms with van der Waals surface area (Å²) in [6.45, 7) is 40.3. The number of hydrogen-bond acceptors (Lipinski definition) is 8. The van der Waals surface area contributed by atoms with Crippen molar-refractivity contribution in [2.24, 2.45) is 23.7 Å². The fourth-order valence-corrected chi connectivity index (χ4v) is 16.5. The lowest BCUT2D eigenvalue weighted by Crippen LogP contribution is -2.67. The molecule has 0 saturated carbocycles. The van der Waals surface area contributed by atoms with Gasteiger partial charge >= 0.3 is 6.09 Å². The molecule has 0 radical (unpaired) electrons. The molecule has 1 N–H and O–H groups in total. The largest absolute Gasteiger partial charge is 0.439 e. The molecule has 12 heteroatoms. The second-order valence-electron chi connectivity index (χ2n) is 24.2. The summed E-state index contributed by atoms with van der Waals surface area (Å²) in [5, 5.41) is 15.0. The lowest BCUT2D eigenvalue weighted by atomic mass is 9.74. The maximum absolute atomic E-state index is 14.7. The monoisotopic (exact) mass is 1010 g/mol. The van der Waals surface area contributed by atoms with E-state index in [0.717, 1.165) is 11.1 Å². The van der Waals surface area contributed by atoms with Crippen LogP contribution in [0.1, 0.15) is 115 Å². The maximum Gasteiger partial charge on any atom is 0.417 e. The fourth-order valence-electron chi connectivity index (χ4n) is 9.31. The highest BCUT2D eigenvalue weighted by molar-refractivity contribution is 6.99. The van der Waals surface area contributed by atoms with Crippen LogP contribution in [0.15, 0.2) is 115 Å². The molecule has 0 unspecified atom stereocenters. The second-order valence-corrected chi connectivity index (χ2v) is 38.1. The molecule has 1 aliphatic heterocycles. The minimum absolute atomic E-state index is 0.0739. The van der Waals surface area contributed by atoms with Gasteiger partial charge in [0, 0.05) is 19.6 Å². The average Bonchev–Trinajstić information content (AvgIpc) is 3.59. The molecule has 388 valence electrons. The van der Waals surface area contributed by atoms with Crippen molar-refractivity contribution in [1.29, 1.82) is 0 Å². The van der Waals surface area contributed by atoms with Crippen LogP contribution in [0.25, 0.3) is 0 Å². The fraction of sp³-hybridized carbons (Fsp3) is 0.586. The van der Waals surface area contributed by atoms with E-state index in [2.05, 4.69) is 176 Å². The first kappa shape index (κ1) is 59.1. The van der Waals surface area contributed by atoms with E-state index in [4.69, 9.17) is 22.8 Å². The van der Waals surface area contributed by atoms with Gasteiger partial charge < -0.3 is 27.9 Å². The summed E-state index contributed by atoms with van der Waals surface area (Å²) < 4.78 is 33.4. The number of methoxy groups -OCH3 is 1. The molecule has 0 aromatic heterocycles. The average molecular weight is 1010 g/mol. The summed E-state index contributed by atoms with van der Waals surface area (Å²) in [7, 11) is -5.69. The van der Waals surface area contributed by atoms with Gasteiger partial charge in [-0.1, -0.05) is 198 Å². The zero-order valence-electron chi connectivity index (χ0n) is 46.5. The van der Waals surface area contributed by atoms with Crippen LogP contribution in [0.2, 0.25) is 41.3 Å². The van der Waals surface area contributed by atoms with Crippen LogP contribution >= 0.6 is 0 Å².